The van der Waals surface area contributed by atoms with Gasteiger partial charge in [0.25, 0.3) is 5.91 Å². The average molecular weight is 241 g/mol. The molecule has 0 radical (unpaired) electrons. The van der Waals surface area contributed by atoms with Gasteiger partial charge in [0, 0.05) is 31.4 Å². The molecule has 0 aliphatic carbocycles. The number of nitrogens with zero attached hydrogens (tertiary/aromatic N) is 2. The summed E-state index contributed by atoms with van der Waals surface area (Å²) in [5.41, 5.74) is 0. The number of rotatable bonds is 4. The Morgan fingerprint density at radius 1 is 1.43 bits per heavy atom. The molecule has 1 rings (SSSR count). The molecule has 82 valence electrons. The Balaban J connectivity index is 2.15. The Morgan fingerprint density at radius 2 is 2.07 bits per heavy atom. The standard InChI is InChI=1S/C8H14Cl2N2O2/c9-7-8(13)12(10)2-1-11-3-5-14-6-4-11/h1-7H2. The molecule has 0 aromatic carbocycles. The third-order valence-electron chi connectivity index (χ3n) is 2.10. The van der Waals surface area contributed by atoms with Crippen molar-refractivity contribution in [3.05, 3.63) is 0 Å². The third-order valence-corrected chi connectivity index (χ3v) is 2.69. The third kappa shape index (κ3) is 4.00. The predicted octanol–water partition coefficient (Wildman–Crippen LogP) is 0.540. The van der Waals surface area contributed by atoms with E-state index >= 15 is 0 Å². The van der Waals surface area contributed by atoms with Gasteiger partial charge in [-0.2, -0.15) is 0 Å². The van der Waals surface area contributed by atoms with Crippen LogP contribution in [0.1, 0.15) is 0 Å². The molecular weight excluding hydrogens is 227 g/mol. The molecule has 0 N–H and O–H groups in total. The fourth-order valence-corrected chi connectivity index (χ4v) is 1.58. The summed E-state index contributed by atoms with van der Waals surface area (Å²) in [6.45, 7) is 4.60. The highest BCUT2D eigenvalue weighted by Crippen LogP contribution is 2.00. The highest BCUT2D eigenvalue weighted by Gasteiger charge is 2.13. The van der Waals surface area contributed by atoms with Crippen LogP contribution < -0.4 is 0 Å². The van der Waals surface area contributed by atoms with Gasteiger partial charge in [-0.15, -0.1) is 11.6 Å². The van der Waals surface area contributed by atoms with Crippen molar-refractivity contribution in [3.8, 4) is 0 Å². The zero-order chi connectivity index (χ0) is 10.4. The molecule has 0 aromatic heterocycles. The van der Waals surface area contributed by atoms with E-state index in [0.717, 1.165) is 37.3 Å². The first-order valence-electron chi connectivity index (χ1n) is 4.56. The number of hydrogen-bond donors (Lipinski definition) is 0. The Bertz CT molecular complexity index is 186. The van der Waals surface area contributed by atoms with Crippen molar-refractivity contribution in [1.82, 2.24) is 9.32 Å². The lowest BCUT2D eigenvalue weighted by Gasteiger charge is -2.27. The van der Waals surface area contributed by atoms with E-state index in [9.17, 15) is 4.79 Å². The van der Waals surface area contributed by atoms with E-state index in [4.69, 9.17) is 28.1 Å². The lowest BCUT2D eigenvalue weighted by molar-refractivity contribution is -0.124. The van der Waals surface area contributed by atoms with Crippen molar-refractivity contribution >= 4 is 29.3 Å². The second-order valence-corrected chi connectivity index (χ2v) is 3.74. The second kappa shape index (κ2) is 6.45. The minimum absolute atomic E-state index is 0.0629. The largest absolute Gasteiger partial charge is 0.379 e. The van der Waals surface area contributed by atoms with Crippen LogP contribution in [-0.2, 0) is 9.53 Å². The Morgan fingerprint density at radius 3 is 2.64 bits per heavy atom. The van der Waals surface area contributed by atoms with Crippen molar-refractivity contribution in [2.24, 2.45) is 0 Å². The summed E-state index contributed by atoms with van der Waals surface area (Å²) in [6, 6.07) is 0. The number of alkyl halides is 1. The normalized spacial score (nSPS) is 18.1. The summed E-state index contributed by atoms with van der Waals surface area (Å²) >= 11 is 11.1. The number of carbonyl (C=O) groups excluding carboxylic acids is 1. The van der Waals surface area contributed by atoms with E-state index in [1.54, 1.807) is 0 Å². The molecule has 0 bridgehead atoms. The molecule has 1 saturated heterocycles. The monoisotopic (exact) mass is 240 g/mol. The molecular formula is C8H14Cl2N2O2. The van der Waals surface area contributed by atoms with Gasteiger partial charge in [-0.3, -0.25) is 14.1 Å². The SMILES string of the molecule is O=C(CCl)N(Cl)CCN1CCOCC1. The van der Waals surface area contributed by atoms with Crippen LogP contribution in [0.25, 0.3) is 0 Å². The number of carbonyl (C=O) groups is 1. The van der Waals surface area contributed by atoms with Crippen LogP contribution in [0.5, 0.6) is 0 Å². The summed E-state index contributed by atoms with van der Waals surface area (Å²) < 4.78 is 6.34. The van der Waals surface area contributed by atoms with E-state index in [-0.39, 0.29) is 11.8 Å². The fraction of sp³-hybridized carbons (Fsp3) is 0.875. The van der Waals surface area contributed by atoms with Gasteiger partial charge >= 0.3 is 0 Å². The number of halogens is 2. The van der Waals surface area contributed by atoms with Crippen LogP contribution >= 0.6 is 23.4 Å². The minimum atomic E-state index is -0.249. The van der Waals surface area contributed by atoms with Crippen LogP contribution in [0.2, 0.25) is 0 Å². The first-order valence-corrected chi connectivity index (χ1v) is 5.43. The van der Waals surface area contributed by atoms with Gasteiger partial charge in [-0.1, -0.05) is 0 Å². The van der Waals surface area contributed by atoms with Gasteiger partial charge in [0.1, 0.15) is 5.88 Å². The average Bonchev–Trinajstić information content (AvgIpc) is 2.26. The maximum atomic E-state index is 11.0. The Kier molecular flexibility index (Phi) is 5.55. The quantitative estimate of drug-likeness (QED) is 0.532. The van der Waals surface area contributed by atoms with Gasteiger partial charge in [-0.25, -0.2) is 0 Å². The van der Waals surface area contributed by atoms with Gasteiger partial charge in [-0.05, 0) is 0 Å². The molecule has 14 heavy (non-hydrogen) atoms. The van der Waals surface area contributed by atoms with E-state index in [2.05, 4.69) is 4.90 Å². The Hall–Kier alpha value is -0.0300. The van der Waals surface area contributed by atoms with Crippen molar-refractivity contribution in [3.63, 3.8) is 0 Å². The molecule has 0 saturated carbocycles. The van der Waals surface area contributed by atoms with Crippen molar-refractivity contribution in [1.29, 1.82) is 0 Å². The van der Waals surface area contributed by atoms with Crippen molar-refractivity contribution in [2.45, 2.75) is 0 Å². The minimum Gasteiger partial charge on any atom is -0.379 e. The number of amides is 1. The molecule has 1 aliphatic heterocycles. The molecule has 0 atom stereocenters. The van der Waals surface area contributed by atoms with E-state index in [1.807, 2.05) is 0 Å². The van der Waals surface area contributed by atoms with Gasteiger partial charge < -0.3 is 4.74 Å². The number of ether oxygens (including phenoxy) is 1. The van der Waals surface area contributed by atoms with E-state index in [0.29, 0.717) is 6.54 Å². The van der Waals surface area contributed by atoms with Crippen molar-refractivity contribution in [2.75, 3.05) is 45.3 Å². The van der Waals surface area contributed by atoms with Crippen LogP contribution in [0.15, 0.2) is 0 Å². The van der Waals surface area contributed by atoms with E-state index in [1.165, 1.54) is 0 Å². The first kappa shape index (κ1) is 12.0. The van der Waals surface area contributed by atoms with Gasteiger partial charge in [0.2, 0.25) is 0 Å². The summed E-state index contributed by atoms with van der Waals surface area (Å²) in [7, 11) is 0. The van der Waals surface area contributed by atoms with Crippen molar-refractivity contribution < 1.29 is 9.53 Å². The summed E-state index contributed by atoms with van der Waals surface area (Å²) in [6.07, 6.45) is 0. The lowest BCUT2D eigenvalue weighted by atomic mass is 10.4. The topological polar surface area (TPSA) is 32.8 Å². The van der Waals surface area contributed by atoms with Crippen LogP contribution in [0, 0.1) is 0 Å². The first-order chi connectivity index (χ1) is 6.74. The predicted molar refractivity (Wildman–Crippen MR) is 55.5 cm³/mol. The van der Waals surface area contributed by atoms with Crippen LogP contribution in [-0.4, -0.2) is 60.5 Å². The fourth-order valence-electron chi connectivity index (χ4n) is 1.24. The molecule has 1 heterocycles. The molecule has 0 unspecified atom stereocenters. The van der Waals surface area contributed by atoms with Gasteiger partial charge in [0.15, 0.2) is 0 Å². The molecule has 1 amide bonds. The second-order valence-electron chi connectivity index (χ2n) is 3.07. The summed E-state index contributed by atoms with van der Waals surface area (Å²) in [5.74, 6) is -0.311. The highest BCUT2D eigenvalue weighted by molar-refractivity contribution is 6.32. The molecule has 0 aromatic rings. The molecule has 4 nitrogen and oxygen atoms in total. The maximum absolute atomic E-state index is 11.0. The molecule has 1 aliphatic rings. The van der Waals surface area contributed by atoms with Crippen LogP contribution in [0.4, 0.5) is 0 Å². The van der Waals surface area contributed by atoms with E-state index < -0.39 is 0 Å². The molecule has 6 heteroatoms. The van der Waals surface area contributed by atoms with Gasteiger partial charge in [0.05, 0.1) is 19.8 Å². The smallest absolute Gasteiger partial charge is 0.251 e. The number of hydrogen-bond acceptors (Lipinski definition) is 3. The summed E-state index contributed by atoms with van der Waals surface area (Å²) in [4.78, 5) is 13.2. The Labute approximate surface area is 93.8 Å². The summed E-state index contributed by atoms with van der Waals surface area (Å²) in [5, 5.41) is 0. The molecule has 0 spiro atoms. The highest BCUT2D eigenvalue weighted by atomic mass is 35.5. The lowest BCUT2D eigenvalue weighted by Crippen LogP contribution is -2.40. The van der Waals surface area contributed by atoms with Crippen LogP contribution in [0.3, 0.4) is 0 Å². The zero-order valence-electron chi connectivity index (χ0n) is 7.92. The number of morpholine rings is 1. The maximum Gasteiger partial charge on any atom is 0.251 e. The zero-order valence-corrected chi connectivity index (χ0v) is 9.43. The molecule has 1 fully saturated rings.